The van der Waals surface area contributed by atoms with E-state index in [1.54, 1.807) is 0 Å². The lowest BCUT2D eigenvalue weighted by Crippen LogP contribution is -2.55. The molecule has 3 saturated carbocycles. The molecule has 0 amide bonds. The summed E-state index contributed by atoms with van der Waals surface area (Å²) in [5, 5.41) is 10.8. The lowest BCUT2D eigenvalue weighted by Gasteiger charge is -2.60. The molecule has 0 aromatic heterocycles. The molecule has 4 aliphatic carbocycles. The largest absolute Gasteiger partial charge is 0.393 e. The molecule has 184 valence electrons. The lowest BCUT2D eigenvalue weighted by molar-refractivity contribution is -0.141. The van der Waals surface area contributed by atoms with Gasteiger partial charge in [-0.1, -0.05) is 59.3 Å². The number of rotatable bonds is 3. The van der Waals surface area contributed by atoms with E-state index in [0.717, 1.165) is 50.5 Å². The molecule has 0 aliphatic heterocycles. The van der Waals surface area contributed by atoms with Crippen LogP contribution in [-0.2, 0) is 9.59 Å². The van der Waals surface area contributed by atoms with Crippen molar-refractivity contribution < 1.29 is 14.7 Å². The Morgan fingerprint density at radius 2 is 1.64 bits per heavy atom. The second-order valence-electron chi connectivity index (χ2n) is 13.6. The van der Waals surface area contributed by atoms with Crippen molar-refractivity contribution in [2.45, 2.75) is 112 Å². The monoisotopic (exact) mass is 454 g/mol. The quantitative estimate of drug-likeness (QED) is 0.475. The van der Waals surface area contributed by atoms with Crippen molar-refractivity contribution in [3.63, 3.8) is 0 Å². The van der Waals surface area contributed by atoms with E-state index in [1.807, 2.05) is 6.92 Å². The van der Waals surface area contributed by atoms with Gasteiger partial charge in [0.25, 0.3) is 0 Å². The molecule has 0 aromatic carbocycles. The van der Waals surface area contributed by atoms with E-state index in [2.05, 4.69) is 48.1 Å². The van der Waals surface area contributed by atoms with Gasteiger partial charge in [0.1, 0.15) is 5.78 Å². The number of hydrogen-bond donors (Lipinski definition) is 1. The van der Waals surface area contributed by atoms with Gasteiger partial charge >= 0.3 is 0 Å². The SMILES string of the molecule is C=C1CCC2C(C)(C)C(O)CCC2(C)C1CCC1=C(C)C(=O)CC2C(C)(C)C(=O)CCC12C. The van der Waals surface area contributed by atoms with Gasteiger partial charge in [0.15, 0.2) is 5.78 Å². The highest BCUT2D eigenvalue weighted by Gasteiger charge is 2.57. The maximum atomic E-state index is 13.1. The summed E-state index contributed by atoms with van der Waals surface area (Å²) in [5.41, 5.74) is 3.19. The van der Waals surface area contributed by atoms with Crippen LogP contribution in [0.2, 0.25) is 0 Å². The highest BCUT2D eigenvalue weighted by atomic mass is 16.3. The van der Waals surface area contributed by atoms with Crippen molar-refractivity contribution in [1.29, 1.82) is 0 Å². The Morgan fingerprint density at radius 3 is 2.30 bits per heavy atom. The van der Waals surface area contributed by atoms with Crippen LogP contribution in [0.5, 0.6) is 0 Å². The summed E-state index contributed by atoms with van der Waals surface area (Å²) < 4.78 is 0. The van der Waals surface area contributed by atoms with E-state index in [0.29, 0.717) is 30.5 Å². The molecule has 0 spiro atoms. The van der Waals surface area contributed by atoms with E-state index in [9.17, 15) is 14.7 Å². The zero-order valence-corrected chi connectivity index (χ0v) is 22.1. The average Bonchev–Trinajstić information content (AvgIpc) is 2.72. The lowest BCUT2D eigenvalue weighted by atomic mass is 9.45. The predicted molar refractivity (Wildman–Crippen MR) is 134 cm³/mol. The minimum absolute atomic E-state index is 0.0757. The van der Waals surface area contributed by atoms with Gasteiger partial charge in [0.05, 0.1) is 6.10 Å². The fourth-order valence-electron chi connectivity index (χ4n) is 9.10. The summed E-state index contributed by atoms with van der Waals surface area (Å²) in [6.07, 6.45) is 7.77. The Balaban J connectivity index is 1.65. The van der Waals surface area contributed by atoms with E-state index in [4.69, 9.17) is 0 Å². The second kappa shape index (κ2) is 7.90. The van der Waals surface area contributed by atoms with Crippen LogP contribution >= 0.6 is 0 Å². The van der Waals surface area contributed by atoms with Crippen molar-refractivity contribution >= 4 is 11.6 Å². The van der Waals surface area contributed by atoms with Crippen LogP contribution in [0.25, 0.3) is 0 Å². The predicted octanol–water partition coefficient (Wildman–Crippen LogP) is 6.84. The van der Waals surface area contributed by atoms with Gasteiger partial charge < -0.3 is 5.11 Å². The number of allylic oxidation sites excluding steroid dienone is 3. The first-order valence-electron chi connectivity index (χ1n) is 13.3. The Labute approximate surface area is 201 Å². The number of ketones is 2. The van der Waals surface area contributed by atoms with E-state index in [1.165, 1.54) is 11.1 Å². The summed E-state index contributed by atoms with van der Waals surface area (Å²) in [6.45, 7) is 20.0. The van der Waals surface area contributed by atoms with Gasteiger partial charge in [0, 0.05) is 18.3 Å². The van der Waals surface area contributed by atoms with Crippen LogP contribution in [0.15, 0.2) is 23.3 Å². The average molecular weight is 455 g/mol. The van der Waals surface area contributed by atoms with E-state index < -0.39 is 5.41 Å². The Morgan fingerprint density at radius 1 is 0.970 bits per heavy atom. The van der Waals surface area contributed by atoms with Crippen molar-refractivity contribution in [3.05, 3.63) is 23.3 Å². The summed E-state index contributed by atoms with van der Waals surface area (Å²) in [4.78, 5) is 25.9. The molecule has 3 nitrogen and oxygen atoms in total. The van der Waals surface area contributed by atoms with Crippen LogP contribution in [0.4, 0.5) is 0 Å². The topological polar surface area (TPSA) is 54.4 Å². The van der Waals surface area contributed by atoms with Crippen LogP contribution < -0.4 is 0 Å². The maximum absolute atomic E-state index is 13.1. The number of carbonyl (C=O) groups excluding carboxylic acids is 2. The summed E-state index contributed by atoms with van der Waals surface area (Å²) in [7, 11) is 0. The van der Waals surface area contributed by atoms with Gasteiger partial charge in [-0.25, -0.2) is 0 Å². The van der Waals surface area contributed by atoms with Crippen LogP contribution in [-0.4, -0.2) is 22.8 Å². The number of aliphatic hydroxyl groups is 1. The number of fused-ring (bicyclic) bond motifs is 2. The van der Waals surface area contributed by atoms with E-state index >= 15 is 0 Å². The zero-order valence-electron chi connectivity index (χ0n) is 22.1. The molecule has 6 atom stereocenters. The minimum atomic E-state index is -0.441. The van der Waals surface area contributed by atoms with Crippen molar-refractivity contribution in [3.8, 4) is 0 Å². The molecule has 3 fully saturated rings. The van der Waals surface area contributed by atoms with Gasteiger partial charge in [0.2, 0.25) is 0 Å². The Kier molecular flexibility index (Phi) is 5.96. The van der Waals surface area contributed by atoms with Gasteiger partial charge in [-0.3, -0.25) is 9.59 Å². The molecule has 6 unspecified atom stereocenters. The second-order valence-corrected chi connectivity index (χ2v) is 13.6. The third-order valence-electron chi connectivity index (χ3n) is 11.4. The minimum Gasteiger partial charge on any atom is -0.393 e. The van der Waals surface area contributed by atoms with Crippen LogP contribution in [0.1, 0.15) is 106 Å². The third-order valence-corrected chi connectivity index (χ3v) is 11.4. The van der Waals surface area contributed by atoms with Crippen LogP contribution in [0.3, 0.4) is 0 Å². The first-order chi connectivity index (χ1) is 15.2. The molecular weight excluding hydrogens is 408 g/mol. The molecule has 1 N–H and O–H groups in total. The molecule has 4 aliphatic rings. The zero-order chi connectivity index (χ0) is 24.6. The van der Waals surface area contributed by atoms with Crippen molar-refractivity contribution in [1.82, 2.24) is 0 Å². The van der Waals surface area contributed by atoms with Gasteiger partial charge in [-0.05, 0) is 91.4 Å². The van der Waals surface area contributed by atoms with Crippen molar-refractivity contribution in [2.75, 3.05) is 0 Å². The molecule has 33 heavy (non-hydrogen) atoms. The molecule has 3 heteroatoms. The summed E-state index contributed by atoms with van der Waals surface area (Å²) in [5.74, 6) is 1.56. The van der Waals surface area contributed by atoms with Crippen LogP contribution in [0, 0.1) is 39.4 Å². The highest BCUT2D eigenvalue weighted by molar-refractivity contribution is 5.98. The van der Waals surface area contributed by atoms with Gasteiger partial charge in [-0.2, -0.15) is 0 Å². The summed E-state index contributed by atoms with van der Waals surface area (Å²) >= 11 is 0. The van der Waals surface area contributed by atoms with Gasteiger partial charge in [-0.15, -0.1) is 0 Å². The van der Waals surface area contributed by atoms with E-state index in [-0.39, 0.29) is 34.1 Å². The molecule has 0 aromatic rings. The highest BCUT2D eigenvalue weighted by Crippen LogP contribution is 2.63. The molecule has 4 rings (SSSR count). The smallest absolute Gasteiger partial charge is 0.158 e. The maximum Gasteiger partial charge on any atom is 0.158 e. The molecular formula is C30H46O3. The Bertz CT molecular complexity index is 906. The summed E-state index contributed by atoms with van der Waals surface area (Å²) in [6, 6.07) is 0. The van der Waals surface area contributed by atoms with Crippen molar-refractivity contribution in [2.24, 2.45) is 39.4 Å². The number of hydrogen-bond acceptors (Lipinski definition) is 3. The molecule has 0 radical (unpaired) electrons. The molecule has 0 bridgehead atoms. The first-order valence-corrected chi connectivity index (χ1v) is 13.3. The Hall–Kier alpha value is -1.22. The normalized spacial score (nSPS) is 42.7. The standard InChI is InChI=1S/C30H46O3/c1-18-9-12-23-27(3,4)25(32)13-15-29(23,7)20(18)10-11-21-19(2)22(31)17-24-28(5,6)26(33)14-16-30(21,24)8/h20,23-25,32H,1,9-17H2,2-8H3. The molecule has 0 heterocycles. The third kappa shape index (κ3) is 3.55. The number of Topliss-reactive ketones (excluding diaryl/α,β-unsaturated/α-hetero) is 2. The molecule has 0 saturated heterocycles. The number of carbonyl (C=O) groups is 2. The fraction of sp³-hybridized carbons (Fsp3) is 0.800. The number of aliphatic hydroxyl groups excluding tert-OH is 1. The first kappa shape index (κ1) is 24.9. The fourth-order valence-corrected chi connectivity index (χ4v) is 9.10.